The van der Waals surface area contributed by atoms with Gasteiger partial charge in [0.1, 0.15) is 6.10 Å². The van der Waals surface area contributed by atoms with Crippen LogP contribution in [-0.4, -0.2) is 49.2 Å². The molecule has 0 aliphatic carbocycles. The maximum absolute atomic E-state index is 12.7. The predicted molar refractivity (Wildman–Crippen MR) is 222 cm³/mol. The number of rotatable bonds is 42. The summed E-state index contributed by atoms with van der Waals surface area (Å²) >= 11 is 0. The van der Waals surface area contributed by atoms with Gasteiger partial charge >= 0.3 is 11.9 Å². The third-order valence-electron chi connectivity index (χ3n) is 10.6. The highest BCUT2D eigenvalue weighted by molar-refractivity contribution is 5.69. The van der Waals surface area contributed by atoms with E-state index in [0.29, 0.717) is 19.4 Å². The zero-order valence-corrected chi connectivity index (χ0v) is 35.2. The van der Waals surface area contributed by atoms with E-state index in [1.807, 2.05) is 0 Å². The van der Waals surface area contributed by atoms with Crippen molar-refractivity contribution in [2.45, 2.75) is 259 Å². The Morgan fingerprint density at radius 2 is 0.745 bits per heavy atom. The molecule has 0 fully saturated rings. The molecular weight excluding hydrogens is 631 g/mol. The highest BCUT2D eigenvalue weighted by atomic mass is 16.5. The molecular formula is C46H91NO4. The number of ether oxygens (including phenoxy) is 2. The molecule has 5 nitrogen and oxygen atoms in total. The molecule has 0 aromatic heterocycles. The van der Waals surface area contributed by atoms with Crippen molar-refractivity contribution in [3.8, 4) is 0 Å². The van der Waals surface area contributed by atoms with E-state index in [-0.39, 0.29) is 18.0 Å². The monoisotopic (exact) mass is 722 g/mol. The van der Waals surface area contributed by atoms with Crippen LogP contribution in [0.2, 0.25) is 0 Å². The first-order valence-electron chi connectivity index (χ1n) is 23.1. The molecule has 0 rings (SSSR count). The minimum atomic E-state index is -0.00758. The molecule has 0 saturated carbocycles. The number of nitrogens with zero attached hydrogens (tertiary/aromatic N) is 1. The van der Waals surface area contributed by atoms with Crippen molar-refractivity contribution < 1.29 is 19.1 Å². The van der Waals surface area contributed by atoms with Crippen LogP contribution in [0.15, 0.2) is 0 Å². The highest BCUT2D eigenvalue weighted by Crippen LogP contribution is 2.18. The summed E-state index contributed by atoms with van der Waals surface area (Å²) in [6.07, 6.45) is 41.9. The Hall–Kier alpha value is -1.10. The Morgan fingerprint density at radius 3 is 1.24 bits per heavy atom. The van der Waals surface area contributed by atoms with Crippen molar-refractivity contribution in [3.63, 3.8) is 0 Å². The number of carbonyl (C=O) groups excluding carboxylic acids is 2. The van der Waals surface area contributed by atoms with Crippen molar-refractivity contribution >= 4 is 11.9 Å². The van der Waals surface area contributed by atoms with Gasteiger partial charge in [0.15, 0.2) is 0 Å². The van der Waals surface area contributed by atoms with Crippen LogP contribution in [0.4, 0.5) is 0 Å². The van der Waals surface area contributed by atoms with Gasteiger partial charge in [-0.2, -0.15) is 0 Å². The molecule has 0 bridgehead atoms. The van der Waals surface area contributed by atoms with Gasteiger partial charge in [-0.05, 0) is 83.8 Å². The van der Waals surface area contributed by atoms with Crippen molar-refractivity contribution in [2.75, 3.05) is 26.2 Å². The quantitative estimate of drug-likeness (QED) is 0.0464. The molecule has 0 spiro atoms. The summed E-state index contributed by atoms with van der Waals surface area (Å²) in [7, 11) is 0. The lowest BCUT2D eigenvalue weighted by Gasteiger charge is -2.22. The van der Waals surface area contributed by atoms with E-state index in [4.69, 9.17) is 9.47 Å². The van der Waals surface area contributed by atoms with E-state index in [0.717, 1.165) is 57.9 Å². The SMILES string of the molecule is CCCCCCCCCCCOC(=O)CCCCCN(CCCC)CCCCCCCC(=O)OC(CCCCCCCC)CCCCCCCC. The lowest BCUT2D eigenvalue weighted by atomic mass is 10.0. The largest absolute Gasteiger partial charge is 0.466 e. The van der Waals surface area contributed by atoms with E-state index < -0.39 is 0 Å². The number of hydrogen-bond acceptors (Lipinski definition) is 5. The number of esters is 2. The molecule has 304 valence electrons. The summed E-state index contributed by atoms with van der Waals surface area (Å²) in [4.78, 5) is 27.5. The van der Waals surface area contributed by atoms with Crippen molar-refractivity contribution in [1.29, 1.82) is 0 Å². The van der Waals surface area contributed by atoms with Crippen LogP contribution in [0.25, 0.3) is 0 Å². The second-order valence-corrected chi connectivity index (χ2v) is 15.8. The third-order valence-corrected chi connectivity index (χ3v) is 10.6. The Balaban J connectivity index is 4.04. The summed E-state index contributed by atoms with van der Waals surface area (Å²) in [6.45, 7) is 13.2. The zero-order chi connectivity index (χ0) is 37.3. The first-order valence-corrected chi connectivity index (χ1v) is 23.1. The van der Waals surface area contributed by atoms with Gasteiger partial charge in [-0.15, -0.1) is 0 Å². The number of hydrogen-bond donors (Lipinski definition) is 0. The number of carbonyl (C=O) groups is 2. The minimum absolute atomic E-state index is 0.00758. The zero-order valence-electron chi connectivity index (χ0n) is 35.2. The standard InChI is InChI=1S/C46H91NO4/c1-5-9-13-16-19-20-21-27-35-43-50-45(48)38-32-28-34-42-47(40-12-8-4)41-33-26-22-25-31-39-46(49)51-44(36-29-23-17-14-10-6-2)37-30-24-18-15-11-7-3/h44H,5-43H2,1-4H3. The van der Waals surface area contributed by atoms with Crippen LogP contribution >= 0.6 is 0 Å². The van der Waals surface area contributed by atoms with Gasteiger partial charge < -0.3 is 14.4 Å². The molecule has 0 N–H and O–H groups in total. The maximum Gasteiger partial charge on any atom is 0.306 e. The molecule has 0 radical (unpaired) electrons. The highest BCUT2D eigenvalue weighted by Gasteiger charge is 2.14. The molecule has 0 aliphatic heterocycles. The first kappa shape index (κ1) is 49.9. The van der Waals surface area contributed by atoms with Gasteiger partial charge in [-0.3, -0.25) is 9.59 Å². The normalized spacial score (nSPS) is 11.6. The molecule has 0 saturated heterocycles. The number of unbranched alkanes of at least 4 members (excludes halogenated alkanes) is 25. The second kappa shape index (κ2) is 41.7. The fourth-order valence-corrected chi connectivity index (χ4v) is 7.12. The topological polar surface area (TPSA) is 55.8 Å². The van der Waals surface area contributed by atoms with Gasteiger partial charge in [-0.1, -0.05) is 175 Å². The van der Waals surface area contributed by atoms with Crippen molar-refractivity contribution in [2.24, 2.45) is 0 Å². The summed E-state index contributed by atoms with van der Waals surface area (Å²) in [5.74, 6) is 0.0292. The Kier molecular flexibility index (Phi) is 40.8. The summed E-state index contributed by atoms with van der Waals surface area (Å²) in [6, 6.07) is 0. The lowest BCUT2D eigenvalue weighted by Crippen LogP contribution is -2.27. The molecule has 0 unspecified atom stereocenters. The van der Waals surface area contributed by atoms with Crippen molar-refractivity contribution in [3.05, 3.63) is 0 Å². The van der Waals surface area contributed by atoms with E-state index in [1.54, 1.807) is 0 Å². The Morgan fingerprint density at radius 1 is 0.392 bits per heavy atom. The maximum atomic E-state index is 12.7. The van der Waals surface area contributed by atoms with Gasteiger partial charge in [0, 0.05) is 12.8 Å². The van der Waals surface area contributed by atoms with Crippen LogP contribution in [0, 0.1) is 0 Å². The van der Waals surface area contributed by atoms with Crippen LogP contribution in [0.3, 0.4) is 0 Å². The molecule has 0 aromatic carbocycles. The predicted octanol–water partition coefficient (Wildman–Crippen LogP) is 14.5. The van der Waals surface area contributed by atoms with E-state index in [2.05, 4.69) is 32.6 Å². The fraction of sp³-hybridized carbons (Fsp3) is 0.957. The average Bonchev–Trinajstić information content (AvgIpc) is 3.13. The van der Waals surface area contributed by atoms with Crippen molar-refractivity contribution in [1.82, 2.24) is 4.90 Å². The van der Waals surface area contributed by atoms with Crippen LogP contribution < -0.4 is 0 Å². The van der Waals surface area contributed by atoms with Gasteiger partial charge in [-0.25, -0.2) is 0 Å². The van der Waals surface area contributed by atoms with E-state index in [1.165, 1.54) is 174 Å². The Bertz CT molecular complexity index is 697. The summed E-state index contributed by atoms with van der Waals surface area (Å²) < 4.78 is 11.5. The molecule has 0 heterocycles. The summed E-state index contributed by atoms with van der Waals surface area (Å²) in [5, 5.41) is 0. The van der Waals surface area contributed by atoms with Crippen LogP contribution in [-0.2, 0) is 19.1 Å². The minimum Gasteiger partial charge on any atom is -0.466 e. The Labute approximate surface area is 319 Å². The fourth-order valence-electron chi connectivity index (χ4n) is 7.12. The van der Waals surface area contributed by atoms with Gasteiger partial charge in [0.05, 0.1) is 6.61 Å². The molecule has 51 heavy (non-hydrogen) atoms. The van der Waals surface area contributed by atoms with E-state index in [9.17, 15) is 9.59 Å². The molecule has 0 aromatic rings. The second-order valence-electron chi connectivity index (χ2n) is 15.8. The smallest absolute Gasteiger partial charge is 0.306 e. The van der Waals surface area contributed by atoms with Gasteiger partial charge in [0.25, 0.3) is 0 Å². The van der Waals surface area contributed by atoms with Gasteiger partial charge in [0.2, 0.25) is 0 Å². The average molecular weight is 722 g/mol. The van der Waals surface area contributed by atoms with E-state index >= 15 is 0 Å². The van der Waals surface area contributed by atoms with Crippen LogP contribution in [0.5, 0.6) is 0 Å². The first-order chi connectivity index (χ1) is 25.1. The molecule has 0 atom stereocenters. The summed E-state index contributed by atoms with van der Waals surface area (Å²) in [5.41, 5.74) is 0. The third kappa shape index (κ3) is 38.4. The lowest BCUT2D eigenvalue weighted by molar-refractivity contribution is -0.150. The van der Waals surface area contributed by atoms with Crippen LogP contribution in [0.1, 0.15) is 252 Å². The molecule has 0 aliphatic rings. The molecule has 0 amide bonds. The molecule has 5 heteroatoms.